The number of nitrogen functional groups attached to an aromatic ring is 1. The summed E-state index contributed by atoms with van der Waals surface area (Å²) >= 11 is 6.26. The molecule has 0 aliphatic heterocycles. The molecule has 15 heteroatoms. The Morgan fingerprint density at radius 3 is 2.49 bits per heavy atom. The minimum absolute atomic E-state index is 0.0496. The number of ether oxygens (including phenoxy) is 2. The summed E-state index contributed by atoms with van der Waals surface area (Å²) in [6, 6.07) is 13.8. The van der Waals surface area contributed by atoms with Crippen LogP contribution in [0.3, 0.4) is 0 Å². The zero-order valence-corrected chi connectivity index (χ0v) is 24.9. The summed E-state index contributed by atoms with van der Waals surface area (Å²) < 4.78 is 35.4. The lowest BCUT2D eigenvalue weighted by Crippen LogP contribution is -2.34. The molecular weight excluding hydrogens is 600 g/mol. The number of halogens is 1. The van der Waals surface area contributed by atoms with Crippen LogP contribution in [-0.4, -0.2) is 63.0 Å². The normalized spacial score (nSPS) is 11.6. The summed E-state index contributed by atoms with van der Waals surface area (Å²) in [4.78, 5) is 40.9. The fourth-order valence-corrected chi connectivity index (χ4v) is 4.91. The molecule has 0 bridgehead atoms. The molecule has 0 spiro atoms. The molecule has 0 radical (unpaired) electrons. The average molecular weight is 631 g/mol. The van der Waals surface area contributed by atoms with E-state index < -0.39 is 39.6 Å². The fourth-order valence-electron chi connectivity index (χ4n) is 3.74. The number of rotatable bonds is 14. The molecule has 0 saturated heterocycles. The number of amides is 2. The topological polar surface area (TPSA) is 203 Å². The second kappa shape index (κ2) is 15.0. The lowest BCUT2D eigenvalue weighted by atomic mass is 10.1. The van der Waals surface area contributed by atoms with Crippen molar-refractivity contribution in [3.05, 3.63) is 88.2 Å². The summed E-state index contributed by atoms with van der Waals surface area (Å²) in [5.74, 6) is -1.77. The maximum atomic E-state index is 13.1. The number of hydrogen-bond donors (Lipinski definition) is 5. The van der Waals surface area contributed by atoms with Crippen LogP contribution in [0, 0.1) is 5.41 Å². The van der Waals surface area contributed by atoms with Crippen molar-refractivity contribution in [2.24, 2.45) is 5.73 Å². The van der Waals surface area contributed by atoms with Gasteiger partial charge in [-0.1, -0.05) is 29.8 Å². The highest BCUT2D eigenvalue weighted by Gasteiger charge is 2.24. The fraction of sp³-hybridized carbons (Fsp3) is 0.250. The first-order chi connectivity index (χ1) is 20.4. The summed E-state index contributed by atoms with van der Waals surface area (Å²) in [5, 5.41) is 14.7. The molecule has 6 N–H and O–H groups in total. The van der Waals surface area contributed by atoms with Crippen LogP contribution in [0.2, 0.25) is 5.02 Å². The van der Waals surface area contributed by atoms with Crippen molar-refractivity contribution in [1.82, 2.24) is 15.6 Å². The van der Waals surface area contributed by atoms with Crippen LogP contribution in [0.5, 0.6) is 5.75 Å². The lowest BCUT2D eigenvalue weighted by Gasteiger charge is -2.18. The molecule has 0 aliphatic carbocycles. The van der Waals surface area contributed by atoms with Crippen LogP contribution in [0.25, 0.3) is 0 Å². The van der Waals surface area contributed by atoms with Gasteiger partial charge in [0.2, 0.25) is 0 Å². The number of sulfone groups is 1. The Balaban J connectivity index is 1.74. The first kappa shape index (κ1) is 32.8. The Morgan fingerprint density at radius 2 is 1.84 bits per heavy atom. The van der Waals surface area contributed by atoms with Crippen molar-refractivity contribution in [3.63, 3.8) is 0 Å². The number of amidine groups is 1. The van der Waals surface area contributed by atoms with Crippen molar-refractivity contribution in [2.45, 2.75) is 18.8 Å². The zero-order valence-electron chi connectivity index (χ0n) is 23.3. The Bertz CT molecular complexity index is 1600. The zero-order chi connectivity index (χ0) is 31.6. The van der Waals surface area contributed by atoms with Crippen molar-refractivity contribution in [3.8, 4) is 5.75 Å². The number of nitrogens with two attached hydrogens (primary N) is 1. The highest BCUT2D eigenvalue weighted by Crippen LogP contribution is 2.27. The van der Waals surface area contributed by atoms with Crippen LogP contribution < -0.4 is 26.4 Å². The highest BCUT2D eigenvalue weighted by molar-refractivity contribution is 7.91. The van der Waals surface area contributed by atoms with Crippen LogP contribution in [0.1, 0.15) is 39.5 Å². The maximum absolute atomic E-state index is 13.1. The standard InChI is InChI=1S/C28H31ClN6O7S/c1-3-41-25(37)15-33-24(36)16-42-23-12-17(26(30)31)7-8-18(23)14-34-27(38)19-10-20(29)13-21(11-19)35-28(43(2,39)40)22-6-4-5-9-32-22/h4-13,28,35H,3,14-16H2,1-2H3,(H3,30,31)(H,33,36)(H,34,38). The number of anilines is 1. The number of benzene rings is 2. The van der Waals surface area contributed by atoms with E-state index in [1.807, 2.05) is 0 Å². The van der Waals surface area contributed by atoms with Gasteiger partial charge in [0.1, 0.15) is 18.1 Å². The van der Waals surface area contributed by atoms with Gasteiger partial charge >= 0.3 is 5.97 Å². The lowest BCUT2D eigenvalue weighted by molar-refractivity contribution is -0.143. The SMILES string of the molecule is CCOC(=O)CNC(=O)COc1cc(C(=N)N)ccc1CNC(=O)c1cc(Cl)cc(NC(c2ccccn2)S(C)(=O)=O)c1. The molecule has 43 heavy (non-hydrogen) atoms. The number of nitrogens with one attached hydrogen (secondary N) is 4. The van der Waals surface area contributed by atoms with Gasteiger partial charge in [-0.2, -0.15) is 0 Å². The van der Waals surface area contributed by atoms with E-state index in [4.69, 9.17) is 32.2 Å². The van der Waals surface area contributed by atoms with Crippen LogP contribution in [0.15, 0.2) is 60.8 Å². The predicted molar refractivity (Wildman–Crippen MR) is 161 cm³/mol. The number of esters is 1. The molecule has 0 aliphatic rings. The molecule has 228 valence electrons. The molecule has 3 rings (SSSR count). The second-order valence-corrected chi connectivity index (χ2v) is 11.7. The smallest absolute Gasteiger partial charge is 0.325 e. The van der Waals surface area contributed by atoms with E-state index >= 15 is 0 Å². The van der Waals surface area contributed by atoms with Gasteiger partial charge in [-0.15, -0.1) is 0 Å². The Kier molecular flexibility index (Phi) is 11.4. The number of carbonyl (C=O) groups is 3. The summed E-state index contributed by atoms with van der Waals surface area (Å²) in [7, 11) is -3.65. The van der Waals surface area contributed by atoms with Gasteiger partial charge in [0.05, 0.1) is 12.3 Å². The number of carbonyl (C=O) groups excluding carboxylic acids is 3. The average Bonchev–Trinajstić information content (AvgIpc) is 2.96. The molecule has 13 nitrogen and oxygen atoms in total. The minimum Gasteiger partial charge on any atom is -0.483 e. The molecule has 1 atom stereocenters. The van der Waals surface area contributed by atoms with E-state index in [1.54, 1.807) is 37.3 Å². The van der Waals surface area contributed by atoms with E-state index in [2.05, 4.69) is 20.9 Å². The second-order valence-electron chi connectivity index (χ2n) is 9.13. The molecule has 0 fully saturated rings. The number of pyridine rings is 1. The van der Waals surface area contributed by atoms with E-state index in [-0.39, 0.29) is 53.2 Å². The molecule has 1 aromatic heterocycles. The van der Waals surface area contributed by atoms with Crippen LogP contribution in [0.4, 0.5) is 5.69 Å². The van der Waals surface area contributed by atoms with E-state index in [0.29, 0.717) is 11.1 Å². The van der Waals surface area contributed by atoms with Crippen molar-refractivity contribution in [1.29, 1.82) is 5.41 Å². The molecule has 2 amide bonds. The Labute approximate surface area is 253 Å². The quantitative estimate of drug-likeness (QED) is 0.0997. The Morgan fingerprint density at radius 1 is 1.07 bits per heavy atom. The van der Waals surface area contributed by atoms with E-state index in [1.165, 1.54) is 30.5 Å². The van der Waals surface area contributed by atoms with Crippen LogP contribution >= 0.6 is 11.6 Å². The molecule has 0 saturated carbocycles. The molecule has 2 aromatic carbocycles. The minimum atomic E-state index is -3.65. The van der Waals surface area contributed by atoms with Gasteiger partial charge in [-0.3, -0.25) is 24.8 Å². The van der Waals surface area contributed by atoms with E-state index in [9.17, 15) is 22.8 Å². The maximum Gasteiger partial charge on any atom is 0.325 e. The molecule has 3 aromatic rings. The van der Waals surface area contributed by atoms with Crippen molar-refractivity contribution in [2.75, 3.05) is 31.3 Å². The van der Waals surface area contributed by atoms with Gasteiger partial charge in [0, 0.05) is 46.4 Å². The monoisotopic (exact) mass is 630 g/mol. The number of hydrogen-bond acceptors (Lipinski definition) is 10. The summed E-state index contributed by atoms with van der Waals surface area (Å²) in [6.07, 6.45) is 2.54. The van der Waals surface area contributed by atoms with Gasteiger partial charge in [-0.05, 0) is 43.3 Å². The van der Waals surface area contributed by atoms with Crippen molar-refractivity contribution < 1.29 is 32.3 Å². The predicted octanol–water partition coefficient (Wildman–Crippen LogP) is 2.16. The first-order valence-corrected chi connectivity index (χ1v) is 15.2. The first-order valence-electron chi connectivity index (χ1n) is 12.8. The molecule has 1 unspecified atom stereocenters. The van der Waals surface area contributed by atoms with Gasteiger partial charge < -0.3 is 31.2 Å². The van der Waals surface area contributed by atoms with Gasteiger partial charge in [0.25, 0.3) is 11.8 Å². The molecular formula is C28H31ClN6O7S. The van der Waals surface area contributed by atoms with Gasteiger partial charge in [0.15, 0.2) is 21.8 Å². The summed E-state index contributed by atoms with van der Waals surface area (Å²) in [6.45, 7) is 0.993. The number of nitrogens with zero attached hydrogens (tertiary/aromatic N) is 1. The largest absolute Gasteiger partial charge is 0.483 e. The highest BCUT2D eigenvalue weighted by atomic mass is 35.5. The number of aromatic nitrogens is 1. The van der Waals surface area contributed by atoms with Gasteiger partial charge in [-0.25, -0.2) is 8.42 Å². The van der Waals surface area contributed by atoms with Crippen LogP contribution in [-0.2, 0) is 30.7 Å². The van der Waals surface area contributed by atoms with E-state index in [0.717, 1.165) is 6.26 Å². The Hall–Kier alpha value is -4.69. The third-order valence-corrected chi connectivity index (χ3v) is 7.19. The third-order valence-electron chi connectivity index (χ3n) is 5.75. The molecule has 1 heterocycles. The van der Waals surface area contributed by atoms with Crippen molar-refractivity contribution >= 4 is 50.7 Å². The summed E-state index contributed by atoms with van der Waals surface area (Å²) in [5.41, 5.74) is 7.08. The third kappa shape index (κ3) is 9.97.